The average molecular weight is 436 g/mol. The molecule has 5 nitrogen and oxygen atoms in total. The number of oxazole rings is 1. The van der Waals surface area contributed by atoms with Gasteiger partial charge in [-0.05, 0) is 75.2 Å². The predicted octanol–water partition coefficient (Wildman–Crippen LogP) is 5.49. The van der Waals surface area contributed by atoms with Crippen molar-refractivity contribution in [2.24, 2.45) is 5.92 Å². The Hall–Kier alpha value is -2.60. The number of fused-ring (bicyclic) bond motifs is 1. The van der Waals surface area contributed by atoms with Crippen LogP contribution in [0.3, 0.4) is 0 Å². The molecule has 0 unspecified atom stereocenters. The molecule has 1 saturated heterocycles. The molecule has 1 saturated carbocycles. The number of carbonyl (C=O) groups is 1. The minimum Gasteiger partial charge on any atom is -0.441 e. The van der Waals surface area contributed by atoms with E-state index in [9.17, 15) is 9.18 Å². The van der Waals surface area contributed by atoms with E-state index in [2.05, 4.69) is 14.9 Å². The van der Waals surface area contributed by atoms with Gasteiger partial charge in [0, 0.05) is 48.1 Å². The van der Waals surface area contributed by atoms with Gasteiger partial charge in [-0.25, -0.2) is 9.37 Å². The number of aromatic nitrogens is 2. The highest BCUT2D eigenvalue weighted by atomic mass is 19.1. The maximum absolute atomic E-state index is 14.6. The summed E-state index contributed by atoms with van der Waals surface area (Å²) in [4.78, 5) is 24.1. The number of Topliss-reactive ketones (excluding diaryl/α,β-unsaturated/α-hetero) is 1. The Morgan fingerprint density at radius 2 is 1.84 bits per heavy atom. The third kappa shape index (κ3) is 4.46. The summed E-state index contributed by atoms with van der Waals surface area (Å²) in [5.74, 6) is 1.10. The summed E-state index contributed by atoms with van der Waals surface area (Å²) in [6.45, 7) is 4.20. The van der Waals surface area contributed by atoms with Crippen LogP contribution in [0.15, 0.2) is 35.0 Å². The van der Waals surface area contributed by atoms with Crippen molar-refractivity contribution in [1.82, 2.24) is 14.9 Å². The molecular formula is C26H30FN3O2. The van der Waals surface area contributed by atoms with Gasteiger partial charge < -0.3 is 9.32 Å². The summed E-state index contributed by atoms with van der Waals surface area (Å²) in [6.07, 6.45) is 11.6. The number of aryl methyl sites for hydroxylation is 1. The van der Waals surface area contributed by atoms with Crippen LogP contribution in [0.4, 0.5) is 4.39 Å². The Balaban J connectivity index is 1.27. The van der Waals surface area contributed by atoms with Gasteiger partial charge in [-0.2, -0.15) is 0 Å². The lowest BCUT2D eigenvalue weighted by atomic mass is 9.81. The quantitative estimate of drug-likeness (QED) is 0.530. The van der Waals surface area contributed by atoms with Crippen molar-refractivity contribution in [2.75, 3.05) is 13.1 Å². The highest BCUT2D eigenvalue weighted by Gasteiger charge is 2.30. The van der Waals surface area contributed by atoms with Crippen molar-refractivity contribution in [2.45, 2.75) is 64.3 Å². The first-order valence-corrected chi connectivity index (χ1v) is 11.8. The molecule has 6 heteroatoms. The highest BCUT2D eigenvalue weighted by Crippen LogP contribution is 2.31. The van der Waals surface area contributed by atoms with Crippen LogP contribution in [-0.2, 0) is 11.2 Å². The first-order chi connectivity index (χ1) is 15.6. The minimum absolute atomic E-state index is 0.119. The molecule has 3 aromatic rings. The molecule has 1 aliphatic heterocycles. The van der Waals surface area contributed by atoms with Gasteiger partial charge in [0.15, 0.2) is 11.7 Å². The molecule has 2 aliphatic rings. The number of ketones is 1. The summed E-state index contributed by atoms with van der Waals surface area (Å²) < 4.78 is 20.2. The Kier molecular flexibility index (Phi) is 6.05. The zero-order valence-corrected chi connectivity index (χ0v) is 18.6. The summed E-state index contributed by atoms with van der Waals surface area (Å²) in [6, 6.07) is 5.80. The number of benzene rings is 1. The van der Waals surface area contributed by atoms with Crippen LogP contribution >= 0.6 is 0 Å². The molecule has 2 aromatic heterocycles. The highest BCUT2D eigenvalue weighted by molar-refractivity contribution is 5.88. The molecule has 32 heavy (non-hydrogen) atoms. The molecule has 168 valence electrons. The lowest BCUT2D eigenvalue weighted by Gasteiger charge is -2.38. The van der Waals surface area contributed by atoms with E-state index in [0.717, 1.165) is 31.1 Å². The van der Waals surface area contributed by atoms with Gasteiger partial charge in [-0.3, -0.25) is 9.78 Å². The summed E-state index contributed by atoms with van der Waals surface area (Å²) in [5.41, 5.74) is 1.33. The Morgan fingerprint density at radius 1 is 1.06 bits per heavy atom. The Morgan fingerprint density at radius 3 is 2.56 bits per heavy atom. The number of pyridine rings is 1. The smallest absolute Gasteiger partial charge is 0.191 e. The normalized spacial score (nSPS) is 22.3. The lowest BCUT2D eigenvalue weighted by Crippen LogP contribution is -2.42. The van der Waals surface area contributed by atoms with Crippen molar-refractivity contribution < 1.29 is 13.6 Å². The van der Waals surface area contributed by atoms with Crippen LogP contribution in [0.2, 0.25) is 0 Å². The van der Waals surface area contributed by atoms with Gasteiger partial charge in [0.05, 0.1) is 6.20 Å². The zero-order valence-electron chi connectivity index (χ0n) is 18.6. The van der Waals surface area contributed by atoms with Gasteiger partial charge in [-0.15, -0.1) is 0 Å². The first kappa shape index (κ1) is 21.3. The number of nitrogens with zero attached hydrogens (tertiary/aromatic N) is 3. The second kappa shape index (κ2) is 9.10. The third-order valence-corrected chi connectivity index (χ3v) is 7.16. The van der Waals surface area contributed by atoms with E-state index >= 15 is 0 Å². The summed E-state index contributed by atoms with van der Waals surface area (Å²) >= 11 is 0. The van der Waals surface area contributed by atoms with E-state index in [1.54, 1.807) is 13.1 Å². The number of hydrogen-bond donors (Lipinski definition) is 0. The van der Waals surface area contributed by atoms with Crippen molar-refractivity contribution in [1.29, 1.82) is 0 Å². The SMILES string of the molecule is Cc1ncc(-c2cc(F)c3cnc(CC(=O)C4CCC(N5CCCCC5)CC4)cc3c2)o1. The van der Waals surface area contributed by atoms with Crippen molar-refractivity contribution in [3.05, 3.63) is 48.0 Å². The topological polar surface area (TPSA) is 59.2 Å². The number of carbonyl (C=O) groups excluding carboxylic acids is 1. The number of piperidine rings is 1. The number of rotatable bonds is 5. The van der Waals surface area contributed by atoms with E-state index in [1.807, 2.05) is 12.1 Å². The fraction of sp³-hybridized carbons (Fsp3) is 0.500. The molecule has 1 aliphatic carbocycles. The fourth-order valence-electron chi connectivity index (χ4n) is 5.36. The second-order valence-corrected chi connectivity index (χ2v) is 9.34. The summed E-state index contributed by atoms with van der Waals surface area (Å²) in [5, 5.41) is 1.17. The van der Waals surface area contributed by atoms with Crippen LogP contribution < -0.4 is 0 Å². The molecule has 2 fully saturated rings. The maximum atomic E-state index is 14.6. The molecular weight excluding hydrogens is 405 g/mol. The van der Waals surface area contributed by atoms with Crippen molar-refractivity contribution in [3.8, 4) is 11.3 Å². The number of likely N-dealkylation sites (tertiary alicyclic amines) is 1. The molecule has 0 atom stereocenters. The zero-order chi connectivity index (χ0) is 22.1. The molecule has 0 amide bonds. The Labute approximate surface area is 188 Å². The maximum Gasteiger partial charge on any atom is 0.191 e. The molecule has 0 radical (unpaired) electrons. The van der Waals surface area contributed by atoms with Crippen LogP contribution in [0.1, 0.15) is 56.5 Å². The van der Waals surface area contributed by atoms with Crippen LogP contribution in [-0.4, -0.2) is 39.8 Å². The van der Waals surface area contributed by atoms with E-state index in [-0.39, 0.29) is 17.5 Å². The first-order valence-electron chi connectivity index (χ1n) is 11.8. The van der Waals surface area contributed by atoms with E-state index in [1.165, 1.54) is 44.6 Å². The molecule has 0 bridgehead atoms. The van der Waals surface area contributed by atoms with Crippen LogP contribution in [0.5, 0.6) is 0 Å². The van der Waals surface area contributed by atoms with Gasteiger partial charge in [0.25, 0.3) is 0 Å². The van der Waals surface area contributed by atoms with Crippen molar-refractivity contribution in [3.63, 3.8) is 0 Å². The molecule has 3 heterocycles. The largest absolute Gasteiger partial charge is 0.441 e. The monoisotopic (exact) mass is 435 g/mol. The lowest BCUT2D eigenvalue weighted by molar-refractivity contribution is -0.123. The number of halogens is 1. The number of hydrogen-bond acceptors (Lipinski definition) is 5. The molecule has 0 N–H and O–H groups in total. The standard InChI is InChI=1S/C26H30FN3O2/c1-17-28-16-26(32-17)20-11-19-12-21(29-15-23(19)24(27)13-20)14-25(31)18-5-7-22(8-6-18)30-9-3-2-4-10-30/h11-13,15-16,18,22H,2-10,14H2,1H3. The third-order valence-electron chi connectivity index (χ3n) is 7.16. The molecule has 5 rings (SSSR count). The van der Waals surface area contributed by atoms with Gasteiger partial charge in [0.2, 0.25) is 0 Å². The van der Waals surface area contributed by atoms with Gasteiger partial charge >= 0.3 is 0 Å². The Bertz CT molecular complexity index is 1110. The van der Waals surface area contributed by atoms with Crippen molar-refractivity contribution >= 4 is 16.6 Å². The molecule has 1 aromatic carbocycles. The van der Waals surface area contributed by atoms with E-state index in [4.69, 9.17) is 4.42 Å². The molecule has 0 spiro atoms. The van der Waals surface area contributed by atoms with Crippen LogP contribution in [0, 0.1) is 18.7 Å². The van der Waals surface area contributed by atoms with Crippen LogP contribution in [0.25, 0.3) is 22.1 Å². The van der Waals surface area contributed by atoms with E-state index < -0.39 is 0 Å². The van der Waals surface area contributed by atoms with Gasteiger partial charge in [0.1, 0.15) is 11.6 Å². The average Bonchev–Trinajstić information content (AvgIpc) is 3.26. The fourth-order valence-corrected chi connectivity index (χ4v) is 5.36. The van der Waals surface area contributed by atoms with Gasteiger partial charge in [-0.1, -0.05) is 6.42 Å². The minimum atomic E-state index is -0.354. The predicted molar refractivity (Wildman–Crippen MR) is 122 cm³/mol. The summed E-state index contributed by atoms with van der Waals surface area (Å²) in [7, 11) is 0. The van der Waals surface area contributed by atoms with E-state index in [0.29, 0.717) is 40.8 Å². The second-order valence-electron chi connectivity index (χ2n) is 9.34.